The summed E-state index contributed by atoms with van der Waals surface area (Å²) in [5.41, 5.74) is 6.44. The lowest BCUT2D eigenvalue weighted by Crippen LogP contribution is -2.25. The third kappa shape index (κ3) is 4.98. The number of carbonyl (C=O) groups excluding carboxylic acids is 1. The van der Waals surface area contributed by atoms with E-state index in [1.807, 2.05) is 80.6 Å². The van der Waals surface area contributed by atoms with Gasteiger partial charge in [-0.3, -0.25) is 9.78 Å². The second-order valence-corrected chi connectivity index (χ2v) is 9.52. The SMILES string of the molecule is CCC(Sc1nc(-c2ccccc2)c(-c2ccccc2)[nH]1)C(=O)Nc1cc(C)nc2ccccc12. The first-order valence-corrected chi connectivity index (χ1v) is 12.5. The van der Waals surface area contributed by atoms with Gasteiger partial charge in [0.05, 0.1) is 27.8 Å². The number of nitrogens with zero attached hydrogens (tertiary/aromatic N) is 2. The second-order valence-electron chi connectivity index (χ2n) is 8.33. The Labute approximate surface area is 209 Å². The molecule has 0 aliphatic heterocycles. The quantitative estimate of drug-likeness (QED) is 0.245. The number of hydrogen-bond donors (Lipinski definition) is 2. The molecule has 1 amide bonds. The Morgan fingerprint density at radius 3 is 2.29 bits per heavy atom. The third-order valence-electron chi connectivity index (χ3n) is 5.81. The van der Waals surface area contributed by atoms with E-state index in [-0.39, 0.29) is 11.2 Å². The number of aromatic amines is 1. The number of aryl methyl sites for hydroxylation is 1. The monoisotopic (exact) mass is 478 g/mol. The molecule has 2 heterocycles. The topological polar surface area (TPSA) is 70.7 Å². The first-order chi connectivity index (χ1) is 17.1. The van der Waals surface area contributed by atoms with Gasteiger partial charge >= 0.3 is 0 Å². The number of nitrogens with one attached hydrogen (secondary N) is 2. The Balaban J connectivity index is 1.44. The van der Waals surface area contributed by atoms with Crippen LogP contribution < -0.4 is 5.32 Å². The van der Waals surface area contributed by atoms with Crippen molar-refractivity contribution in [2.45, 2.75) is 30.7 Å². The molecule has 0 saturated heterocycles. The molecule has 1 atom stereocenters. The fourth-order valence-corrected chi connectivity index (χ4v) is 5.01. The molecule has 0 radical (unpaired) electrons. The zero-order chi connectivity index (χ0) is 24.2. The minimum Gasteiger partial charge on any atom is -0.332 e. The minimum absolute atomic E-state index is 0.0489. The van der Waals surface area contributed by atoms with Crippen LogP contribution in [0.1, 0.15) is 19.0 Å². The van der Waals surface area contributed by atoms with Crippen molar-refractivity contribution in [3.05, 3.63) is 96.7 Å². The van der Waals surface area contributed by atoms with Gasteiger partial charge < -0.3 is 10.3 Å². The van der Waals surface area contributed by atoms with Crippen molar-refractivity contribution >= 4 is 34.3 Å². The Hall–Kier alpha value is -3.90. The van der Waals surface area contributed by atoms with E-state index >= 15 is 0 Å². The van der Waals surface area contributed by atoms with Crippen molar-refractivity contribution in [3.8, 4) is 22.5 Å². The van der Waals surface area contributed by atoms with Crippen molar-refractivity contribution < 1.29 is 4.79 Å². The maximum Gasteiger partial charge on any atom is 0.237 e. The summed E-state index contributed by atoms with van der Waals surface area (Å²) >= 11 is 1.46. The number of hydrogen-bond acceptors (Lipinski definition) is 4. The van der Waals surface area contributed by atoms with Gasteiger partial charge in [-0.2, -0.15) is 0 Å². The van der Waals surface area contributed by atoms with E-state index in [9.17, 15) is 4.79 Å². The molecule has 3 aromatic carbocycles. The number of amides is 1. The molecule has 2 aromatic heterocycles. The van der Waals surface area contributed by atoms with E-state index < -0.39 is 0 Å². The number of imidazole rings is 1. The number of aromatic nitrogens is 3. The average molecular weight is 479 g/mol. The molecule has 0 bridgehead atoms. The summed E-state index contributed by atoms with van der Waals surface area (Å²) in [6.07, 6.45) is 0.667. The van der Waals surface area contributed by atoms with Gasteiger partial charge in [-0.25, -0.2) is 4.98 Å². The zero-order valence-corrected chi connectivity index (χ0v) is 20.5. The molecule has 5 rings (SSSR count). The summed E-state index contributed by atoms with van der Waals surface area (Å²) in [4.78, 5) is 26.3. The Bertz CT molecular complexity index is 1410. The molecule has 5 nitrogen and oxygen atoms in total. The Kier molecular flexibility index (Phi) is 6.64. The number of H-pyrrole nitrogens is 1. The lowest BCUT2D eigenvalue weighted by molar-refractivity contribution is -0.115. The molecule has 0 spiro atoms. The predicted octanol–water partition coefficient (Wildman–Crippen LogP) is 7.11. The molecular weight excluding hydrogens is 452 g/mol. The van der Waals surface area contributed by atoms with E-state index in [2.05, 4.69) is 39.6 Å². The van der Waals surface area contributed by atoms with Crippen LogP contribution in [0, 0.1) is 6.92 Å². The number of pyridine rings is 1. The normalized spacial score (nSPS) is 11.9. The standard InChI is InChI=1S/C29H26N4OS/c1-3-25(28(34)31-24-18-19(2)30-23-17-11-10-16-22(23)24)35-29-32-26(20-12-6-4-7-13-20)27(33-29)21-14-8-5-9-15-21/h4-18,25H,3H2,1-2H3,(H,32,33)(H,30,31,34). The van der Waals surface area contributed by atoms with Crippen LogP contribution in [-0.4, -0.2) is 26.1 Å². The molecule has 35 heavy (non-hydrogen) atoms. The van der Waals surface area contributed by atoms with Gasteiger partial charge in [0.1, 0.15) is 0 Å². The molecule has 0 fully saturated rings. The fraction of sp³-hybridized carbons (Fsp3) is 0.138. The summed E-state index contributed by atoms with van der Waals surface area (Å²) in [6, 6.07) is 30.1. The Morgan fingerprint density at radius 2 is 1.57 bits per heavy atom. The van der Waals surface area contributed by atoms with Gasteiger partial charge in [0, 0.05) is 22.2 Å². The first-order valence-electron chi connectivity index (χ1n) is 11.7. The van der Waals surface area contributed by atoms with Gasteiger partial charge in [0.2, 0.25) is 5.91 Å². The lowest BCUT2D eigenvalue weighted by Gasteiger charge is -2.15. The van der Waals surface area contributed by atoms with E-state index in [4.69, 9.17) is 4.98 Å². The maximum atomic E-state index is 13.3. The summed E-state index contributed by atoms with van der Waals surface area (Å²) in [5.74, 6) is -0.0489. The predicted molar refractivity (Wildman–Crippen MR) is 145 cm³/mol. The molecular formula is C29H26N4OS. The van der Waals surface area contributed by atoms with Crippen LogP contribution in [0.25, 0.3) is 33.4 Å². The van der Waals surface area contributed by atoms with Gasteiger partial charge in [-0.05, 0) is 25.5 Å². The van der Waals surface area contributed by atoms with E-state index in [1.165, 1.54) is 11.8 Å². The van der Waals surface area contributed by atoms with Gasteiger partial charge in [0.15, 0.2) is 5.16 Å². The molecule has 0 aliphatic rings. The van der Waals surface area contributed by atoms with Gasteiger partial charge in [0.25, 0.3) is 0 Å². The average Bonchev–Trinajstić information content (AvgIpc) is 3.32. The zero-order valence-electron chi connectivity index (χ0n) is 19.7. The van der Waals surface area contributed by atoms with Crippen LogP contribution in [0.2, 0.25) is 0 Å². The van der Waals surface area contributed by atoms with E-state index in [1.54, 1.807) is 0 Å². The summed E-state index contributed by atoms with van der Waals surface area (Å²) < 4.78 is 0. The van der Waals surface area contributed by atoms with E-state index in [0.717, 1.165) is 50.0 Å². The van der Waals surface area contributed by atoms with Crippen molar-refractivity contribution in [2.75, 3.05) is 5.32 Å². The summed E-state index contributed by atoms with van der Waals surface area (Å²) in [6.45, 7) is 3.96. The molecule has 174 valence electrons. The minimum atomic E-state index is -0.305. The van der Waals surface area contributed by atoms with Gasteiger partial charge in [-0.15, -0.1) is 0 Å². The molecule has 0 aliphatic carbocycles. The van der Waals surface area contributed by atoms with Crippen molar-refractivity contribution in [2.24, 2.45) is 0 Å². The number of anilines is 1. The Morgan fingerprint density at radius 1 is 0.914 bits per heavy atom. The number of rotatable bonds is 7. The third-order valence-corrected chi connectivity index (χ3v) is 7.06. The molecule has 1 unspecified atom stereocenters. The lowest BCUT2D eigenvalue weighted by atomic mass is 10.1. The number of thioether (sulfide) groups is 1. The van der Waals surface area contributed by atoms with Crippen LogP contribution in [-0.2, 0) is 4.79 Å². The first kappa shape index (κ1) is 22.9. The van der Waals surface area contributed by atoms with Crippen LogP contribution in [0.4, 0.5) is 5.69 Å². The smallest absolute Gasteiger partial charge is 0.237 e. The molecule has 6 heteroatoms. The number of benzene rings is 3. The maximum absolute atomic E-state index is 13.3. The number of para-hydroxylation sites is 1. The summed E-state index contributed by atoms with van der Waals surface area (Å²) in [5, 5.41) is 4.49. The molecule has 5 aromatic rings. The number of fused-ring (bicyclic) bond motifs is 1. The van der Waals surface area contributed by atoms with Gasteiger partial charge in [-0.1, -0.05) is 97.5 Å². The van der Waals surface area contributed by atoms with Crippen LogP contribution in [0.5, 0.6) is 0 Å². The largest absolute Gasteiger partial charge is 0.332 e. The van der Waals surface area contributed by atoms with Crippen LogP contribution in [0.15, 0.2) is 96.2 Å². The van der Waals surface area contributed by atoms with Crippen LogP contribution in [0.3, 0.4) is 0 Å². The highest BCUT2D eigenvalue weighted by Crippen LogP contribution is 2.35. The van der Waals surface area contributed by atoms with Crippen molar-refractivity contribution in [1.82, 2.24) is 15.0 Å². The van der Waals surface area contributed by atoms with E-state index in [0.29, 0.717) is 6.42 Å². The summed E-state index contributed by atoms with van der Waals surface area (Å²) in [7, 11) is 0. The fourth-order valence-electron chi connectivity index (χ4n) is 4.11. The number of carbonyl (C=O) groups is 1. The second kappa shape index (κ2) is 10.2. The van der Waals surface area contributed by atoms with Crippen molar-refractivity contribution in [1.29, 1.82) is 0 Å². The molecule has 0 saturated carbocycles. The highest BCUT2D eigenvalue weighted by Gasteiger charge is 2.23. The highest BCUT2D eigenvalue weighted by molar-refractivity contribution is 8.00. The molecule has 2 N–H and O–H groups in total. The van der Waals surface area contributed by atoms with Crippen LogP contribution >= 0.6 is 11.8 Å². The van der Waals surface area contributed by atoms with Crippen molar-refractivity contribution in [3.63, 3.8) is 0 Å². The highest BCUT2D eigenvalue weighted by atomic mass is 32.2.